The van der Waals surface area contributed by atoms with Gasteiger partial charge in [-0.3, -0.25) is 9.59 Å². The molecule has 1 spiro atoms. The first-order valence-corrected chi connectivity index (χ1v) is 14.0. The van der Waals surface area contributed by atoms with Crippen molar-refractivity contribution in [3.8, 4) is 0 Å². The number of carbonyl (C=O) groups excluding carboxylic acids is 2. The Hall–Kier alpha value is -2.16. The van der Waals surface area contributed by atoms with E-state index in [0.29, 0.717) is 17.8 Å². The van der Waals surface area contributed by atoms with Gasteiger partial charge in [0.05, 0.1) is 5.92 Å². The highest BCUT2D eigenvalue weighted by atomic mass is 16.5. The van der Waals surface area contributed by atoms with Gasteiger partial charge in [-0.2, -0.15) is 0 Å². The van der Waals surface area contributed by atoms with E-state index < -0.39 is 0 Å². The monoisotopic (exact) mass is 474 g/mol. The molecule has 35 heavy (non-hydrogen) atoms. The Morgan fingerprint density at radius 1 is 1.17 bits per heavy atom. The molecule has 6 rings (SSSR count). The van der Waals surface area contributed by atoms with Gasteiger partial charge in [0.25, 0.3) is 0 Å². The van der Waals surface area contributed by atoms with Gasteiger partial charge in [0.1, 0.15) is 6.10 Å². The van der Waals surface area contributed by atoms with Crippen LogP contribution in [0.5, 0.6) is 0 Å². The molecule has 0 unspecified atom stereocenters. The van der Waals surface area contributed by atoms with Crippen molar-refractivity contribution in [2.24, 2.45) is 28.6 Å². The van der Waals surface area contributed by atoms with Crippen LogP contribution in [0.3, 0.4) is 0 Å². The quantitative estimate of drug-likeness (QED) is 0.302. The van der Waals surface area contributed by atoms with Crippen LogP contribution in [0.1, 0.15) is 96.0 Å². The number of rotatable bonds is 7. The smallest absolute Gasteiger partial charge is 0.308 e. The molecule has 0 N–H and O–H groups in total. The first kappa shape index (κ1) is 24.5. The Labute approximate surface area is 211 Å². The maximum atomic E-state index is 13.2. The molecule has 188 valence electrons. The maximum absolute atomic E-state index is 13.2. The number of ketones is 1. The first-order valence-electron chi connectivity index (χ1n) is 14.0. The zero-order valence-corrected chi connectivity index (χ0v) is 21.6. The summed E-state index contributed by atoms with van der Waals surface area (Å²) in [5, 5.41) is 0. The standard InChI is InChI=1S/C32H42O3/c1-22(30(34)35-27-14-8-7-13-26(27)24-11-5-4-6-12-24)10-9-17-31(3)28-20-25-15-18-32(28,21-23(25)2)19-16-29(31)33/h4-6,11-12,16,19,22,25-28H,2,7-10,13-15,17-18,20-21H2,1,3H3/t22-,25-,26+,27-,28-,31-,32+/m0/s1. The Morgan fingerprint density at radius 2 is 1.94 bits per heavy atom. The lowest BCUT2D eigenvalue weighted by Crippen LogP contribution is -2.53. The summed E-state index contributed by atoms with van der Waals surface area (Å²) in [6.07, 6.45) is 15.5. The van der Waals surface area contributed by atoms with E-state index in [2.05, 4.69) is 43.8 Å². The lowest BCUT2D eigenvalue weighted by molar-refractivity contribution is -0.156. The fourth-order valence-corrected chi connectivity index (χ4v) is 7.94. The van der Waals surface area contributed by atoms with Gasteiger partial charge in [-0.05, 0) is 86.7 Å². The molecule has 1 aromatic carbocycles. The lowest BCUT2D eigenvalue weighted by atomic mass is 9.44. The summed E-state index contributed by atoms with van der Waals surface area (Å²) in [5.41, 5.74) is 2.49. The van der Waals surface area contributed by atoms with Crippen molar-refractivity contribution in [3.05, 3.63) is 60.2 Å². The van der Waals surface area contributed by atoms with Crippen LogP contribution in [0.4, 0.5) is 0 Å². The lowest BCUT2D eigenvalue weighted by Gasteiger charge is -2.59. The van der Waals surface area contributed by atoms with Gasteiger partial charge in [-0.1, -0.05) is 75.2 Å². The predicted molar refractivity (Wildman–Crippen MR) is 140 cm³/mol. The minimum atomic E-state index is -0.320. The number of allylic oxidation sites excluding steroid dienone is 3. The van der Waals surface area contributed by atoms with Gasteiger partial charge in [0.2, 0.25) is 0 Å². The molecule has 5 aliphatic rings. The number of esters is 1. The van der Waals surface area contributed by atoms with Crippen LogP contribution in [-0.2, 0) is 14.3 Å². The Morgan fingerprint density at radius 3 is 2.71 bits per heavy atom. The van der Waals surface area contributed by atoms with Crippen LogP contribution in [-0.4, -0.2) is 17.9 Å². The molecular formula is C32H42O3. The number of fused-ring (bicyclic) bond motifs is 2. The van der Waals surface area contributed by atoms with Gasteiger partial charge in [0.15, 0.2) is 5.78 Å². The molecule has 7 atom stereocenters. The van der Waals surface area contributed by atoms with E-state index in [4.69, 9.17) is 4.74 Å². The van der Waals surface area contributed by atoms with Crippen LogP contribution in [0, 0.1) is 28.6 Å². The minimum Gasteiger partial charge on any atom is -0.462 e. The summed E-state index contributed by atoms with van der Waals surface area (Å²) in [6.45, 7) is 8.56. The second kappa shape index (κ2) is 9.71. The normalized spacial score (nSPS) is 37.1. The molecule has 0 amide bonds. The fraction of sp³-hybridized carbons (Fsp3) is 0.625. The van der Waals surface area contributed by atoms with Gasteiger partial charge in [0, 0.05) is 11.3 Å². The molecule has 3 heteroatoms. The largest absolute Gasteiger partial charge is 0.462 e. The summed E-state index contributed by atoms with van der Waals surface area (Å²) < 4.78 is 6.12. The zero-order chi connectivity index (χ0) is 24.6. The minimum absolute atomic E-state index is 0.0191. The number of hydrogen-bond acceptors (Lipinski definition) is 3. The van der Waals surface area contributed by atoms with Crippen LogP contribution in [0.2, 0.25) is 0 Å². The van der Waals surface area contributed by atoms with E-state index in [1.165, 1.54) is 30.4 Å². The summed E-state index contributed by atoms with van der Waals surface area (Å²) in [5.74, 6) is 1.38. The van der Waals surface area contributed by atoms with Gasteiger partial charge in [-0.25, -0.2) is 0 Å². The summed E-state index contributed by atoms with van der Waals surface area (Å²) >= 11 is 0. The van der Waals surface area contributed by atoms with E-state index in [1.54, 1.807) is 0 Å². The average molecular weight is 475 g/mol. The predicted octanol–water partition coefficient (Wildman–Crippen LogP) is 7.57. The highest BCUT2D eigenvalue weighted by molar-refractivity contribution is 5.96. The highest BCUT2D eigenvalue weighted by Crippen LogP contribution is 2.64. The average Bonchev–Trinajstić information content (AvgIpc) is 2.87. The molecule has 5 aliphatic carbocycles. The maximum Gasteiger partial charge on any atom is 0.308 e. The number of ether oxygens (including phenoxy) is 1. The molecule has 0 radical (unpaired) electrons. The van der Waals surface area contributed by atoms with Crippen molar-refractivity contribution >= 4 is 11.8 Å². The fourth-order valence-electron chi connectivity index (χ4n) is 7.94. The first-order chi connectivity index (χ1) is 16.8. The Kier molecular flexibility index (Phi) is 6.81. The Bertz CT molecular complexity index is 993. The molecule has 1 aromatic rings. The molecule has 2 bridgehead atoms. The number of hydrogen-bond donors (Lipinski definition) is 0. The molecule has 3 nitrogen and oxygen atoms in total. The van der Waals surface area contributed by atoms with Crippen molar-refractivity contribution in [1.29, 1.82) is 0 Å². The third-order valence-electron chi connectivity index (χ3n) is 10.1. The van der Waals surface area contributed by atoms with E-state index in [-0.39, 0.29) is 34.6 Å². The second-order valence-electron chi connectivity index (χ2n) is 12.3. The molecule has 0 saturated heterocycles. The topological polar surface area (TPSA) is 43.4 Å². The molecular weight excluding hydrogens is 432 g/mol. The number of benzene rings is 1. The molecule has 4 saturated carbocycles. The molecule has 4 fully saturated rings. The Balaban J connectivity index is 1.18. The van der Waals surface area contributed by atoms with Crippen molar-refractivity contribution in [1.82, 2.24) is 0 Å². The third-order valence-corrected chi connectivity index (χ3v) is 10.1. The van der Waals surface area contributed by atoms with Crippen molar-refractivity contribution in [2.75, 3.05) is 0 Å². The zero-order valence-electron chi connectivity index (χ0n) is 21.6. The summed E-state index contributed by atoms with van der Waals surface area (Å²) in [6, 6.07) is 10.5. The molecule has 0 aromatic heterocycles. The highest BCUT2D eigenvalue weighted by Gasteiger charge is 2.58. The summed E-state index contributed by atoms with van der Waals surface area (Å²) in [7, 11) is 0. The molecule has 0 aliphatic heterocycles. The van der Waals surface area contributed by atoms with E-state index >= 15 is 0 Å². The van der Waals surface area contributed by atoms with E-state index in [0.717, 1.165) is 51.4 Å². The van der Waals surface area contributed by atoms with Gasteiger partial charge >= 0.3 is 5.97 Å². The summed E-state index contributed by atoms with van der Waals surface area (Å²) in [4.78, 5) is 26.2. The van der Waals surface area contributed by atoms with E-state index in [9.17, 15) is 9.59 Å². The number of carbonyl (C=O) groups is 2. The molecule has 0 heterocycles. The SMILES string of the molecule is C=C1C[C@@]23C=CC(=O)[C@@](C)(CCC[C@H](C)C(=O)O[C@H]4CCCC[C@@H]4c4ccccc4)[C@@H]2C[C@@H]1CC3. The third kappa shape index (κ3) is 4.56. The van der Waals surface area contributed by atoms with Crippen LogP contribution in [0.15, 0.2) is 54.6 Å². The van der Waals surface area contributed by atoms with E-state index in [1.807, 2.05) is 19.1 Å². The van der Waals surface area contributed by atoms with Crippen LogP contribution < -0.4 is 0 Å². The van der Waals surface area contributed by atoms with Crippen molar-refractivity contribution in [3.63, 3.8) is 0 Å². The van der Waals surface area contributed by atoms with Crippen molar-refractivity contribution in [2.45, 2.75) is 96.5 Å². The van der Waals surface area contributed by atoms with Crippen LogP contribution >= 0.6 is 0 Å². The van der Waals surface area contributed by atoms with Crippen molar-refractivity contribution < 1.29 is 14.3 Å². The van der Waals surface area contributed by atoms with Gasteiger partial charge < -0.3 is 4.74 Å². The van der Waals surface area contributed by atoms with Gasteiger partial charge in [-0.15, -0.1) is 0 Å². The van der Waals surface area contributed by atoms with Crippen LogP contribution in [0.25, 0.3) is 0 Å². The second-order valence-corrected chi connectivity index (χ2v) is 12.3.